The summed E-state index contributed by atoms with van der Waals surface area (Å²) in [5, 5.41) is 11.5. The minimum absolute atomic E-state index is 0.0361. The van der Waals surface area contributed by atoms with Crippen molar-refractivity contribution in [2.24, 2.45) is 5.41 Å². The summed E-state index contributed by atoms with van der Waals surface area (Å²) in [6.07, 6.45) is 1.64. The Morgan fingerprint density at radius 2 is 1.73 bits per heavy atom. The van der Waals surface area contributed by atoms with Gasteiger partial charge in [-0.15, -0.1) is 0 Å². The van der Waals surface area contributed by atoms with Crippen LogP contribution in [0.5, 0.6) is 5.75 Å². The maximum atomic E-state index is 13.0. The molecule has 178 valence electrons. The van der Waals surface area contributed by atoms with Crippen LogP contribution in [0.25, 0.3) is 0 Å². The first-order valence-corrected chi connectivity index (χ1v) is 12.2. The molecule has 0 unspecified atom stereocenters. The largest absolute Gasteiger partial charge is 0.480 e. The van der Waals surface area contributed by atoms with Crippen LogP contribution in [-0.4, -0.2) is 37.0 Å². The highest BCUT2D eigenvalue weighted by molar-refractivity contribution is 7.92. The second kappa shape index (κ2) is 10.8. The number of nitrogens with one attached hydrogen (secondary N) is 2. The monoisotopic (exact) mass is 492 g/mol. The molecule has 0 atom stereocenters. The zero-order valence-corrected chi connectivity index (χ0v) is 20.6. The Labute approximate surface area is 199 Å². The molecular formula is C23H28N2O6S2. The van der Waals surface area contributed by atoms with Gasteiger partial charge < -0.3 is 15.2 Å². The molecule has 0 aromatic heterocycles. The van der Waals surface area contributed by atoms with Gasteiger partial charge in [-0.2, -0.15) is 0 Å². The van der Waals surface area contributed by atoms with Gasteiger partial charge in [0.2, 0.25) is 0 Å². The number of aliphatic carboxylic acids is 1. The number of benzene rings is 2. The van der Waals surface area contributed by atoms with Crippen LogP contribution < -0.4 is 14.8 Å². The van der Waals surface area contributed by atoms with Crippen molar-refractivity contribution < 1.29 is 27.9 Å². The molecule has 0 aliphatic rings. The molecule has 2 rings (SSSR count). The van der Waals surface area contributed by atoms with Crippen LogP contribution in [0, 0.1) is 5.41 Å². The Morgan fingerprint density at radius 1 is 1.09 bits per heavy atom. The molecular weight excluding hydrogens is 464 g/mol. The highest BCUT2D eigenvalue weighted by Gasteiger charge is 2.24. The van der Waals surface area contributed by atoms with Crippen molar-refractivity contribution >= 4 is 44.9 Å². The second-order valence-corrected chi connectivity index (χ2v) is 10.5. The number of carbonyl (C=O) groups is 2. The van der Waals surface area contributed by atoms with E-state index < -0.39 is 33.9 Å². The minimum atomic E-state index is -3.99. The van der Waals surface area contributed by atoms with Gasteiger partial charge in [0.15, 0.2) is 0 Å². The first-order chi connectivity index (χ1) is 15.3. The lowest BCUT2D eigenvalue weighted by atomic mass is 9.97. The van der Waals surface area contributed by atoms with Gasteiger partial charge in [0.1, 0.15) is 17.3 Å². The van der Waals surface area contributed by atoms with Crippen molar-refractivity contribution in [3.05, 3.63) is 53.6 Å². The van der Waals surface area contributed by atoms with Crippen molar-refractivity contribution in [1.82, 2.24) is 5.32 Å². The fourth-order valence-corrected chi connectivity index (χ4v) is 4.04. The van der Waals surface area contributed by atoms with E-state index in [-0.39, 0.29) is 21.3 Å². The third-order valence-corrected chi connectivity index (χ3v) is 6.21. The van der Waals surface area contributed by atoms with Crippen LogP contribution >= 0.6 is 12.2 Å². The first-order valence-electron chi connectivity index (χ1n) is 10.3. The molecule has 0 saturated carbocycles. The second-order valence-electron chi connectivity index (χ2n) is 8.42. The van der Waals surface area contributed by atoms with Gasteiger partial charge in [-0.3, -0.25) is 14.3 Å². The van der Waals surface area contributed by atoms with E-state index >= 15 is 0 Å². The molecule has 0 spiro atoms. The molecule has 0 heterocycles. The highest BCUT2D eigenvalue weighted by Crippen LogP contribution is 2.25. The molecule has 0 radical (unpaired) electrons. The molecule has 0 saturated heterocycles. The van der Waals surface area contributed by atoms with Gasteiger partial charge in [0.25, 0.3) is 10.0 Å². The number of anilines is 1. The average Bonchev–Trinajstić information content (AvgIpc) is 2.72. The van der Waals surface area contributed by atoms with Gasteiger partial charge in [-0.05, 0) is 69.2 Å². The minimum Gasteiger partial charge on any atom is -0.480 e. The maximum absolute atomic E-state index is 13.0. The highest BCUT2D eigenvalue weighted by atomic mass is 32.2. The summed E-state index contributed by atoms with van der Waals surface area (Å²) in [5.41, 5.74) is 0.858. The fourth-order valence-electron chi connectivity index (χ4n) is 2.71. The average molecular weight is 493 g/mol. The molecule has 2 aromatic carbocycles. The summed E-state index contributed by atoms with van der Waals surface area (Å²) in [7, 11) is -3.99. The predicted octanol–water partition coefficient (Wildman–Crippen LogP) is 3.74. The summed E-state index contributed by atoms with van der Waals surface area (Å²) in [6, 6.07) is 10.6. The first kappa shape index (κ1) is 26.3. The van der Waals surface area contributed by atoms with Crippen LogP contribution in [0.2, 0.25) is 0 Å². The number of aryl methyl sites for hydroxylation is 1. The molecule has 33 heavy (non-hydrogen) atoms. The zero-order valence-electron chi connectivity index (χ0n) is 19.0. The van der Waals surface area contributed by atoms with Crippen molar-refractivity contribution in [2.75, 3.05) is 11.3 Å². The van der Waals surface area contributed by atoms with Gasteiger partial charge >= 0.3 is 11.9 Å². The fraction of sp³-hybridized carbons (Fsp3) is 0.348. The van der Waals surface area contributed by atoms with Gasteiger partial charge in [0.05, 0.1) is 16.0 Å². The van der Waals surface area contributed by atoms with E-state index in [9.17, 15) is 18.0 Å². The van der Waals surface area contributed by atoms with E-state index in [1.807, 2.05) is 6.92 Å². The lowest BCUT2D eigenvalue weighted by molar-refractivity contribution is -0.143. The van der Waals surface area contributed by atoms with E-state index in [1.165, 1.54) is 24.3 Å². The Morgan fingerprint density at radius 3 is 2.27 bits per heavy atom. The summed E-state index contributed by atoms with van der Waals surface area (Å²) < 4.78 is 33.7. The smallest absolute Gasteiger partial charge is 0.322 e. The van der Waals surface area contributed by atoms with Crippen molar-refractivity contribution in [3.63, 3.8) is 0 Å². The number of rotatable bonds is 9. The number of sulfonamides is 1. The SMILES string of the molecule is CCCc1ccc(NS(=O)(=O)c2ccc(OC(=O)C(C)(C)C)cc2)c(C(=S)NCC(=O)O)c1. The van der Waals surface area contributed by atoms with Crippen LogP contribution in [0.1, 0.15) is 45.2 Å². The quantitative estimate of drug-likeness (QED) is 0.275. The Hall–Kier alpha value is -2.98. The Balaban J connectivity index is 2.29. The van der Waals surface area contributed by atoms with E-state index in [0.717, 1.165) is 18.4 Å². The molecule has 0 amide bonds. The standard InChI is InChI=1S/C23H28N2O6S2/c1-5-6-15-7-12-19(18(13-15)21(32)24-14-20(26)27)25-33(29,30)17-10-8-16(9-11-17)31-22(28)23(2,3)4/h7-13,25H,5-6,14H2,1-4H3,(H,24,32)(H,26,27). The Bertz CT molecular complexity index is 1140. The van der Waals surface area contributed by atoms with Crippen LogP contribution in [0.15, 0.2) is 47.4 Å². The number of carbonyl (C=O) groups excluding carboxylic acids is 1. The van der Waals surface area contributed by atoms with Gasteiger partial charge in [-0.25, -0.2) is 8.42 Å². The number of hydrogen-bond acceptors (Lipinski definition) is 6. The van der Waals surface area contributed by atoms with Crippen molar-refractivity contribution in [1.29, 1.82) is 0 Å². The van der Waals surface area contributed by atoms with Crippen LogP contribution in [0.3, 0.4) is 0 Å². The lowest BCUT2D eigenvalue weighted by Gasteiger charge is -2.17. The molecule has 3 N–H and O–H groups in total. The molecule has 10 heteroatoms. The van der Waals surface area contributed by atoms with E-state index in [2.05, 4.69) is 10.0 Å². The topological polar surface area (TPSA) is 122 Å². The maximum Gasteiger partial charge on any atom is 0.322 e. The van der Waals surface area contributed by atoms with Gasteiger partial charge in [-0.1, -0.05) is 31.6 Å². The number of hydrogen-bond donors (Lipinski definition) is 3. The molecule has 2 aromatic rings. The van der Waals surface area contributed by atoms with E-state index in [0.29, 0.717) is 5.56 Å². The van der Waals surface area contributed by atoms with E-state index in [4.69, 9.17) is 22.1 Å². The lowest BCUT2D eigenvalue weighted by Crippen LogP contribution is -2.29. The number of esters is 1. The summed E-state index contributed by atoms with van der Waals surface area (Å²) in [5.74, 6) is -1.29. The molecule has 0 aliphatic carbocycles. The number of ether oxygens (including phenoxy) is 1. The molecule has 8 nitrogen and oxygen atoms in total. The summed E-state index contributed by atoms with van der Waals surface area (Å²) >= 11 is 5.31. The van der Waals surface area contributed by atoms with Crippen molar-refractivity contribution in [2.45, 2.75) is 45.4 Å². The Kier molecular flexibility index (Phi) is 8.57. The van der Waals surface area contributed by atoms with Crippen molar-refractivity contribution in [3.8, 4) is 5.75 Å². The summed E-state index contributed by atoms with van der Waals surface area (Å²) in [4.78, 5) is 23.0. The van der Waals surface area contributed by atoms with Crippen LogP contribution in [0.4, 0.5) is 5.69 Å². The molecule has 0 aliphatic heterocycles. The third kappa shape index (κ3) is 7.54. The molecule has 0 bridgehead atoms. The van der Waals surface area contributed by atoms with Gasteiger partial charge in [0, 0.05) is 5.56 Å². The predicted molar refractivity (Wildman–Crippen MR) is 130 cm³/mol. The number of thiocarbonyl (C=S) groups is 1. The van der Waals surface area contributed by atoms with Crippen LogP contribution in [-0.2, 0) is 26.0 Å². The number of carboxylic acid groups (broad SMARTS) is 1. The summed E-state index contributed by atoms with van der Waals surface area (Å²) in [6.45, 7) is 6.78. The van der Waals surface area contributed by atoms with E-state index in [1.54, 1.807) is 39.0 Å². The number of carboxylic acids is 1. The zero-order chi connectivity index (χ0) is 24.8. The molecule has 0 fully saturated rings. The third-order valence-electron chi connectivity index (χ3n) is 4.47. The normalized spacial score (nSPS) is 11.5.